The number of nitrogens with zero attached hydrogens (tertiary/aromatic N) is 1. The number of nitrogen functional groups attached to an aromatic ring is 1. The standard InChI is InChI=1S/C17H16F4N2/c1-2-10-23(15-5-3-4-14(22)16(15)18)11-12-6-8-13(9-7-12)17(19,20)21/h2-9H,1,10-11,22H2. The molecule has 23 heavy (non-hydrogen) atoms. The quantitative estimate of drug-likeness (QED) is 0.494. The first-order chi connectivity index (χ1) is 10.8. The van der Waals surface area contributed by atoms with Crippen molar-refractivity contribution in [2.45, 2.75) is 12.7 Å². The second kappa shape index (κ2) is 6.73. The maximum atomic E-state index is 14.1. The molecule has 2 N–H and O–H groups in total. The highest BCUT2D eigenvalue weighted by atomic mass is 19.4. The van der Waals surface area contributed by atoms with Gasteiger partial charge in [-0.3, -0.25) is 0 Å². The van der Waals surface area contributed by atoms with Crippen molar-refractivity contribution < 1.29 is 17.6 Å². The zero-order valence-corrected chi connectivity index (χ0v) is 12.3. The van der Waals surface area contributed by atoms with Gasteiger partial charge in [-0.05, 0) is 29.8 Å². The molecule has 0 unspecified atom stereocenters. The van der Waals surface area contributed by atoms with Crippen molar-refractivity contribution in [1.82, 2.24) is 0 Å². The van der Waals surface area contributed by atoms with E-state index >= 15 is 0 Å². The van der Waals surface area contributed by atoms with E-state index in [4.69, 9.17) is 5.73 Å². The van der Waals surface area contributed by atoms with Crippen LogP contribution in [-0.2, 0) is 12.7 Å². The summed E-state index contributed by atoms with van der Waals surface area (Å²) < 4.78 is 51.9. The van der Waals surface area contributed by atoms with Crippen LogP contribution in [0.25, 0.3) is 0 Å². The predicted molar refractivity (Wildman–Crippen MR) is 83.5 cm³/mol. The Balaban J connectivity index is 2.26. The van der Waals surface area contributed by atoms with Crippen LogP contribution in [0, 0.1) is 5.82 Å². The fourth-order valence-corrected chi connectivity index (χ4v) is 2.20. The smallest absolute Gasteiger partial charge is 0.396 e. The van der Waals surface area contributed by atoms with Gasteiger partial charge >= 0.3 is 6.18 Å². The molecule has 0 atom stereocenters. The lowest BCUT2D eigenvalue weighted by molar-refractivity contribution is -0.137. The minimum atomic E-state index is -4.38. The van der Waals surface area contributed by atoms with E-state index in [1.54, 1.807) is 23.1 Å². The summed E-state index contributed by atoms with van der Waals surface area (Å²) in [6.07, 6.45) is -2.79. The van der Waals surface area contributed by atoms with Gasteiger partial charge in [0.1, 0.15) is 0 Å². The number of rotatable bonds is 5. The molecule has 122 valence electrons. The highest BCUT2D eigenvalue weighted by Crippen LogP contribution is 2.30. The van der Waals surface area contributed by atoms with E-state index in [0.29, 0.717) is 12.1 Å². The van der Waals surface area contributed by atoms with Crippen molar-refractivity contribution in [3.05, 3.63) is 72.1 Å². The molecular formula is C17H16F4N2. The van der Waals surface area contributed by atoms with E-state index in [1.165, 1.54) is 18.2 Å². The molecule has 0 spiro atoms. The molecule has 0 amide bonds. The van der Waals surface area contributed by atoms with Crippen LogP contribution in [0.2, 0.25) is 0 Å². The van der Waals surface area contributed by atoms with Gasteiger partial charge in [0.2, 0.25) is 0 Å². The van der Waals surface area contributed by atoms with Crippen molar-refractivity contribution in [2.75, 3.05) is 17.2 Å². The third-order valence-corrected chi connectivity index (χ3v) is 3.35. The number of anilines is 2. The van der Waals surface area contributed by atoms with Crippen molar-refractivity contribution in [2.24, 2.45) is 0 Å². The molecule has 0 aliphatic carbocycles. The molecule has 6 heteroatoms. The molecule has 0 heterocycles. The van der Waals surface area contributed by atoms with Gasteiger partial charge in [-0.1, -0.05) is 24.3 Å². The first-order valence-corrected chi connectivity index (χ1v) is 6.89. The Hall–Kier alpha value is -2.50. The average molecular weight is 324 g/mol. The summed E-state index contributed by atoms with van der Waals surface area (Å²) in [4.78, 5) is 1.65. The van der Waals surface area contributed by atoms with E-state index in [0.717, 1.165) is 12.1 Å². The molecule has 0 bridgehead atoms. The number of hydrogen-bond acceptors (Lipinski definition) is 2. The minimum Gasteiger partial charge on any atom is -0.396 e. The van der Waals surface area contributed by atoms with E-state index in [1.807, 2.05) is 0 Å². The summed E-state index contributed by atoms with van der Waals surface area (Å²) in [6.45, 7) is 4.20. The predicted octanol–water partition coefficient (Wildman–Crippen LogP) is 4.62. The van der Waals surface area contributed by atoms with Gasteiger partial charge in [-0.25, -0.2) is 4.39 Å². The van der Waals surface area contributed by atoms with Crippen LogP contribution in [0.4, 0.5) is 28.9 Å². The molecule has 2 nitrogen and oxygen atoms in total. The highest BCUT2D eigenvalue weighted by Gasteiger charge is 2.30. The van der Waals surface area contributed by atoms with Gasteiger partial charge in [0.15, 0.2) is 5.82 Å². The van der Waals surface area contributed by atoms with Crippen LogP contribution in [0.15, 0.2) is 55.1 Å². The Morgan fingerprint density at radius 1 is 1.09 bits per heavy atom. The molecular weight excluding hydrogens is 308 g/mol. The molecule has 0 fully saturated rings. The highest BCUT2D eigenvalue weighted by molar-refractivity contribution is 5.58. The van der Waals surface area contributed by atoms with Crippen LogP contribution >= 0.6 is 0 Å². The number of benzene rings is 2. The van der Waals surface area contributed by atoms with Gasteiger partial charge in [0.05, 0.1) is 16.9 Å². The lowest BCUT2D eigenvalue weighted by atomic mass is 10.1. The van der Waals surface area contributed by atoms with E-state index < -0.39 is 17.6 Å². The first-order valence-electron chi connectivity index (χ1n) is 6.89. The van der Waals surface area contributed by atoms with Crippen molar-refractivity contribution in [3.8, 4) is 0 Å². The van der Waals surface area contributed by atoms with Gasteiger partial charge in [-0.15, -0.1) is 6.58 Å². The zero-order valence-electron chi connectivity index (χ0n) is 12.3. The van der Waals surface area contributed by atoms with Crippen LogP contribution in [0.3, 0.4) is 0 Å². The lowest BCUT2D eigenvalue weighted by Crippen LogP contribution is -2.24. The number of halogens is 4. The fourth-order valence-electron chi connectivity index (χ4n) is 2.20. The molecule has 0 radical (unpaired) electrons. The number of hydrogen-bond donors (Lipinski definition) is 1. The largest absolute Gasteiger partial charge is 0.416 e. The lowest BCUT2D eigenvalue weighted by Gasteiger charge is -2.24. The Morgan fingerprint density at radius 2 is 1.74 bits per heavy atom. The Labute approximate surface area is 131 Å². The topological polar surface area (TPSA) is 29.3 Å². The average Bonchev–Trinajstić information content (AvgIpc) is 2.49. The second-order valence-electron chi connectivity index (χ2n) is 5.04. The monoisotopic (exact) mass is 324 g/mol. The maximum Gasteiger partial charge on any atom is 0.416 e. The third kappa shape index (κ3) is 4.03. The molecule has 2 aromatic rings. The maximum absolute atomic E-state index is 14.1. The van der Waals surface area contributed by atoms with E-state index in [-0.39, 0.29) is 17.9 Å². The summed E-state index contributed by atoms with van der Waals surface area (Å²) >= 11 is 0. The third-order valence-electron chi connectivity index (χ3n) is 3.35. The van der Waals surface area contributed by atoms with Gasteiger partial charge in [0, 0.05) is 13.1 Å². The van der Waals surface area contributed by atoms with Crippen LogP contribution in [0.1, 0.15) is 11.1 Å². The molecule has 2 rings (SSSR count). The van der Waals surface area contributed by atoms with E-state index in [2.05, 4.69) is 6.58 Å². The summed E-state index contributed by atoms with van der Waals surface area (Å²) in [5.74, 6) is -0.554. The normalized spacial score (nSPS) is 11.3. The Bertz CT molecular complexity index is 678. The minimum absolute atomic E-state index is 0.0176. The molecule has 0 aliphatic rings. The van der Waals surface area contributed by atoms with Crippen molar-refractivity contribution >= 4 is 11.4 Å². The summed E-state index contributed by atoms with van der Waals surface area (Å²) in [6, 6.07) is 9.42. The van der Waals surface area contributed by atoms with Crippen LogP contribution < -0.4 is 10.6 Å². The van der Waals surface area contributed by atoms with Crippen LogP contribution in [-0.4, -0.2) is 6.54 Å². The summed E-state index contributed by atoms with van der Waals surface area (Å²) in [7, 11) is 0. The zero-order chi connectivity index (χ0) is 17.0. The fraction of sp³-hybridized carbons (Fsp3) is 0.176. The molecule has 2 aromatic carbocycles. The van der Waals surface area contributed by atoms with Gasteiger partial charge in [-0.2, -0.15) is 13.2 Å². The molecule has 0 saturated carbocycles. The molecule has 0 aliphatic heterocycles. The number of nitrogens with two attached hydrogens (primary N) is 1. The summed E-state index contributed by atoms with van der Waals surface area (Å²) in [5.41, 5.74) is 5.77. The Morgan fingerprint density at radius 3 is 2.30 bits per heavy atom. The van der Waals surface area contributed by atoms with E-state index in [9.17, 15) is 17.6 Å². The second-order valence-corrected chi connectivity index (χ2v) is 5.04. The van der Waals surface area contributed by atoms with Gasteiger partial charge in [0.25, 0.3) is 0 Å². The number of alkyl halides is 3. The Kier molecular flexibility index (Phi) is 4.93. The SMILES string of the molecule is C=CCN(Cc1ccc(C(F)(F)F)cc1)c1cccc(N)c1F. The van der Waals surface area contributed by atoms with Crippen LogP contribution in [0.5, 0.6) is 0 Å². The van der Waals surface area contributed by atoms with Gasteiger partial charge < -0.3 is 10.6 Å². The van der Waals surface area contributed by atoms with Crippen molar-refractivity contribution in [1.29, 1.82) is 0 Å². The molecule has 0 saturated heterocycles. The molecule has 0 aromatic heterocycles. The first kappa shape index (κ1) is 16.9. The summed E-state index contributed by atoms with van der Waals surface area (Å²) in [5, 5.41) is 0. The van der Waals surface area contributed by atoms with Crippen molar-refractivity contribution in [3.63, 3.8) is 0 Å².